The fourth-order valence-electron chi connectivity index (χ4n) is 1.22. The van der Waals surface area contributed by atoms with Crippen LogP contribution in [0.25, 0.3) is 0 Å². The lowest BCUT2D eigenvalue weighted by Crippen LogP contribution is -2.27. The summed E-state index contributed by atoms with van der Waals surface area (Å²) in [5.74, 6) is 1.27. The second-order valence-electron chi connectivity index (χ2n) is 3.05. The standard InChI is InChI=1S/C6H8N4O2/c11-10-6(9-3-4-9)5(7-12-10)8-1-2-8/h1-4H2. The topological polar surface area (TPSA) is 59.0 Å². The molecule has 1 aromatic heterocycles. The second kappa shape index (κ2) is 1.82. The van der Waals surface area contributed by atoms with Crippen LogP contribution in [0.2, 0.25) is 0 Å². The molecule has 3 rings (SSSR count). The highest BCUT2D eigenvalue weighted by Crippen LogP contribution is 2.30. The SMILES string of the molecule is [O-][n+]1onc(N2CC2)c1N1CC1. The summed E-state index contributed by atoms with van der Waals surface area (Å²) in [6, 6.07) is 0. The third-order valence-electron chi connectivity index (χ3n) is 2.07. The van der Waals surface area contributed by atoms with E-state index in [1.165, 1.54) is 0 Å². The Bertz CT molecular complexity index is 315. The van der Waals surface area contributed by atoms with Crippen molar-refractivity contribution in [3.63, 3.8) is 0 Å². The maximum atomic E-state index is 11.1. The molecule has 1 aromatic rings. The monoisotopic (exact) mass is 168 g/mol. The maximum Gasteiger partial charge on any atom is 0.322 e. The Morgan fingerprint density at radius 1 is 1.25 bits per heavy atom. The summed E-state index contributed by atoms with van der Waals surface area (Å²) < 4.78 is 4.53. The molecule has 0 atom stereocenters. The molecule has 0 bridgehead atoms. The van der Waals surface area contributed by atoms with Crippen LogP contribution in [0.1, 0.15) is 0 Å². The van der Waals surface area contributed by atoms with Crippen LogP contribution in [0.5, 0.6) is 0 Å². The van der Waals surface area contributed by atoms with Crippen molar-refractivity contribution in [2.75, 3.05) is 36.0 Å². The predicted molar refractivity (Wildman–Crippen MR) is 39.9 cm³/mol. The van der Waals surface area contributed by atoms with Gasteiger partial charge in [0.1, 0.15) is 0 Å². The number of rotatable bonds is 2. The Labute approximate surface area is 68.5 Å². The molecule has 2 aliphatic heterocycles. The average molecular weight is 168 g/mol. The van der Waals surface area contributed by atoms with E-state index in [-0.39, 0.29) is 0 Å². The number of hydrogen-bond donors (Lipinski definition) is 0. The van der Waals surface area contributed by atoms with Crippen molar-refractivity contribution in [1.82, 2.24) is 5.16 Å². The van der Waals surface area contributed by atoms with Crippen molar-refractivity contribution in [2.45, 2.75) is 0 Å². The van der Waals surface area contributed by atoms with E-state index in [0.29, 0.717) is 16.5 Å². The second-order valence-corrected chi connectivity index (χ2v) is 3.05. The van der Waals surface area contributed by atoms with Gasteiger partial charge in [0.05, 0.1) is 13.1 Å². The molecule has 0 spiro atoms. The minimum absolute atomic E-state index is 0.487. The molecule has 0 unspecified atom stereocenters. The van der Waals surface area contributed by atoms with Gasteiger partial charge < -0.3 is 14.7 Å². The molecule has 0 aromatic carbocycles. The molecule has 6 nitrogen and oxygen atoms in total. The molecule has 0 aliphatic carbocycles. The first kappa shape index (κ1) is 6.10. The lowest BCUT2D eigenvalue weighted by molar-refractivity contribution is -0.791. The molecule has 0 saturated carbocycles. The summed E-state index contributed by atoms with van der Waals surface area (Å²) in [6.07, 6.45) is 0. The minimum Gasteiger partial charge on any atom is -0.391 e. The van der Waals surface area contributed by atoms with E-state index in [2.05, 4.69) is 9.79 Å². The number of aromatic nitrogens is 2. The molecule has 64 valence electrons. The van der Waals surface area contributed by atoms with E-state index in [1.54, 1.807) is 0 Å². The van der Waals surface area contributed by atoms with Gasteiger partial charge in [-0.3, -0.25) is 4.90 Å². The first-order chi connectivity index (χ1) is 5.86. The van der Waals surface area contributed by atoms with Gasteiger partial charge in [0.15, 0.2) is 0 Å². The third-order valence-corrected chi connectivity index (χ3v) is 2.07. The van der Waals surface area contributed by atoms with Crippen LogP contribution in [-0.4, -0.2) is 31.3 Å². The van der Waals surface area contributed by atoms with Gasteiger partial charge in [-0.05, 0) is 5.16 Å². The first-order valence-corrected chi connectivity index (χ1v) is 3.96. The van der Waals surface area contributed by atoms with Gasteiger partial charge in [-0.15, -0.1) is 0 Å². The van der Waals surface area contributed by atoms with Crippen LogP contribution in [0.4, 0.5) is 11.6 Å². The summed E-state index contributed by atoms with van der Waals surface area (Å²) in [5, 5.41) is 14.8. The van der Waals surface area contributed by atoms with Crippen LogP contribution in [0.3, 0.4) is 0 Å². The zero-order valence-corrected chi connectivity index (χ0v) is 6.43. The molecule has 3 heterocycles. The van der Waals surface area contributed by atoms with E-state index in [9.17, 15) is 5.21 Å². The lowest BCUT2D eigenvalue weighted by Gasteiger charge is -1.97. The Morgan fingerprint density at radius 3 is 2.50 bits per heavy atom. The van der Waals surface area contributed by atoms with Gasteiger partial charge in [0, 0.05) is 13.1 Å². The third kappa shape index (κ3) is 0.744. The van der Waals surface area contributed by atoms with Crippen LogP contribution >= 0.6 is 0 Å². The quantitative estimate of drug-likeness (QED) is 0.416. The molecular formula is C6H8N4O2. The fourth-order valence-corrected chi connectivity index (χ4v) is 1.22. The molecule has 6 heteroatoms. The summed E-state index contributed by atoms with van der Waals surface area (Å²) in [4.78, 5) is 4.43. The van der Waals surface area contributed by atoms with Crippen LogP contribution in [-0.2, 0) is 0 Å². The van der Waals surface area contributed by atoms with Gasteiger partial charge in [-0.2, -0.15) is 0 Å². The van der Waals surface area contributed by atoms with Gasteiger partial charge in [-0.25, -0.2) is 0 Å². The predicted octanol–water partition coefficient (Wildman–Crippen LogP) is -1.05. The highest BCUT2D eigenvalue weighted by Gasteiger charge is 2.39. The van der Waals surface area contributed by atoms with E-state index in [4.69, 9.17) is 0 Å². The van der Waals surface area contributed by atoms with Gasteiger partial charge in [0.2, 0.25) is 0 Å². The zero-order chi connectivity index (χ0) is 8.13. The molecule has 12 heavy (non-hydrogen) atoms. The Hall–Kier alpha value is -1.46. The molecule has 2 saturated heterocycles. The van der Waals surface area contributed by atoms with Crippen molar-refractivity contribution in [2.24, 2.45) is 0 Å². The van der Waals surface area contributed by atoms with Crippen molar-refractivity contribution in [1.29, 1.82) is 0 Å². The Kier molecular flexibility index (Phi) is 0.926. The van der Waals surface area contributed by atoms with Gasteiger partial charge in [-0.1, -0.05) is 4.90 Å². The smallest absolute Gasteiger partial charge is 0.322 e. The Balaban J connectivity index is 2.04. The fraction of sp³-hybridized carbons (Fsp3) is 0.667. The van der Waals surface area contributed by atoms with Crippen LogP contribution in [0, 0.1) is 5.21 Å². The highest BCUT2D eigenvalue weighted by molar-refractivity contribution is 5.64. The van der Waals surface area contributed by atoms with Crippen molar-refractivity contribution in [3.05, 3.63) is 5.21 Å². The first-order valence-electron chi connectivity index (χ1n) is 3.96. The number of anilines is 2. The van der Waals surface area contributed by atoms with Crippen LogP contribution in [0.15, 0.2) is 4.63 Å². The molecule has 0 amide bonds. The van der Waals surface area contributed by atoms with Crippen molar-refractivity contribution < 1.29 is 9.53 Å². The van der Waals surface area contributed by atoms with E-state index in [1.807, 2.05) is 9.80 Å². The molecule has 2 fully saturated rings. The van der Waals surface area contributed by atoms with E-state index < -0.39 is 0 Å². The van der Waals surface area contributed by atoms with Gasteiger partial charge in [0.25, 0.3) is 0 Å². The summed E-state index contributed by atoms with van der Waals surface area (Å²) in [7, 11) is 0. The van der Waals surface area contributed by atoms with E-state index >= 15 is 0 Å². The number of hydrogen-bond acceptors (Lipinski definition) is 5. The lowest BCUT2D eigenvalue weighted by atomic mass is 10.6. The number of nitrogens with zero attached hydrogens (tertiary/aromatic N) is 4. The van der Waals surface area contributed by atoms with Crippen molar-refractivity contribution >= 4 is 11.6 Å². The molecule has 0 N–H and O–H groups in total. The van der Waals surface area contributed by atoms with Crippen LogP contribution < -0.4 is 14.7 Å². The van der Waals surface area contributed by atoms with Crippen molar-refractivity contribution in [3.8, 4) is 0 Å². The summed E-state index contributed by atoms with van der Waals surface area (Å²) in [5.41, 5.74) is 0. The Morgan fingerprint density at radius 2 is 1.92 bits per heavy atom. The molecule has 2 aliphatic rings. The maximum absolute atomic E-state index is 11.1. The highest BCUT2D eigenvalue weighted by atomic mass is 16.8. The molecular weight excluding hydrogens is 160 g/mol. The van der Waals surface area contributed by atoms with Gasteiger partial charge >= 0.3 is 11.6 Å². The zero-order valence-electron chi connectivity index (χ0n) is 6.43. The largest absolute Gasteiger partial charge is 0.391 e. The average Bonchev–Trinajstić information content (AvgIpc) is 2.93. The van der Waals surface area contributed by atoms with E-state index in [0.717, 1.165) is 26.2 Å². The normalized spacial score (nSPS) is 20.0. The summed E-state index contributed by atoms with van der Waals surface area (Å²) >= 11 is 0. The summed E-state index contributed by atoms with van der Waals surface area (Å²) in [6.45, 7) is 3.83. The minimum atomic E-state index is 0.487. The molecule has 0 radical (unpaired) electrons.